The van der Waals surface area contributed by atoms with Crippen LogP contribution in [-0.2, 0) is 0 Å². The Labute approximate surface area is 147 Å². The van der Waals surface area contributed by atoms with E-state index in [1.807, 2.05) is 36.5 Å². The maximum Gasteiger partial charge on any atom is 0.251 e. The Morgan fingerprint density at radius 3 is 2.88 bits per heavy atom. The second-order valence-corrected chi connectivity index (χ2v) is 6.82. The Morgan fingerprint density at radius 1 is 1.20 bits per heavy atom. The molecule has 4 rings (SSSR count). The van der Waals surface area contributed by atoms with Crippen molar-refractivity contribution in [2.75, 3.05) is 13.1 Å². The zero-order valence-corrected chi connectivity index (χ0v) is 14.4. The predicted octanol–water partition coefficient (Wildman–Crippen LogP) is 3.73. The first-order chi connectivity index (χ1) is 12.2. The molecule has 4 heteroatoms. The predicted molar refractivity (Wildman–Crippen MR) is 101 cm³/mol. The quantitative estimate of drug-likeness (QED) is 0.764. The van der Waals surface area contributed by atoms with Gasteiger partial charge in [-0.15, -0.1) is 0 Å². The van der Waals surface area contributed by atoms with E-state index in [2.05, 4.69) is 46.4 Å². The van der Waals surface area contributed by atoms with Crippen molar-refractivity contribution >= 4 is 16.8 Å². The molecule has 0 bridgehead atoms. The number of aromatic nitrogens is 1. The van der Waals surface area contributed by atoms with Gasteiger partial charge in [0.25, 0.3) is 5.91 Å². The normalized spacial score (nSPS) is 19.2. The monoisotopic (exact) mass is 333 g/mol. The lowest BCUT2D eigenvalue weighted by atomic mass is 10.1. The third-order valence-corrected chi connectivity index (χ3v) is 5.20. The molecule has 2 aromatic carbocycles. The summed E-state index contributed by atoms with van der Waals surface area (Å²) in [7, 11) is 0. The van der Waals surface area contributed by atoms with Crippen LogP contribution in [0.25, 0.3) is 10.9 Å². The maximum absolute atomic E-state index is 12.6. The molecule has 3 aromatic rings. The van der Waals surface area contributed by atoms with Crippen molar-refractivity contribution in [3.63, 3.8) is 0 Å². The van der Waals surface area contributed by atoms with Gasteiger partial charge in [0.1, 0.15) is 0 Å². The number of H-pyrrole nitrogens is 1. The minimum Gasteiger partial charge on any atom is -0.361 e. The van der Waals surface area contributed by atoms with Crippen LogP contribution in [0.2, 0.25) is 0 Å². The zero-order valence-electron chi connectivity index (χ0n) is 14.4. The average molecular weight is 333 g/mol. The van der Waals surface area contributed by atoms with Gasteiger partial charge in [-0.3, -0.25) is 9.69 Å². The SMILES string of the molecule is C[C@H](c1ccccc1)N1CC[C@@H](NC(=O)c2ccc3cc[nH]c3c2)C1. The number of nitrogens with zero attached hydrogens (tertiary/aromatic N) is 1. The number of amides is 1. The lowest BCUT2D eigenvalue weighted by molar-refractivity contribution is 0.0936. The van der Waals surface area contributed by atoms with Gasteiger partial charge in [0.2, 0.25) is 0 Å². The second kappa shape index (κ2) is 6.73. The van der Waals surface area contributed by atoms with Crippen molar-refractivity contribution in [3.05, 3.63) is 71.9 Å². The van der Waals surface area contributed by atoms with Crippen LogP contribution in [0, 0.1) is 0 Å². The van der Waals surface area contributed by atoms with E-state index in [1.165, 1.54) is 5.56 Å². The summed E-state index contributed by atoms with van der Waals surface area (Å²) in [5.74, 6) is 0.00992. The number of hydrogen-bond donors (Lipinski definition) is 2. The van der Waals surface area contributed by atoms with Crippen molar-refractivity contribution in [3.8, 4) is 0 Å². The molecule has 0 aliphatic carbocycles. The summed E-state index contributed by atoms with van der Waals surface area (Å²) < 4.78 is 0. The summed E-state index contributed by atoms with van der Waals surface area (Å²) in [5, 5.41) is 4.32. The van der Waals surface area contributed by atoms with Gasteiger partial charge in [-0.05, 0) is 42.5 Å². The Kier molecular flexibility index (Phi) is 4.28. The molecule has 0 spiro atoms. The third kappa shape index (κ3) is 3.30. The van der Waals surface area contributed by atoms with Crippen LogP contribution in [-0.4, -0.2) is 34.9 Å². The van der Waals surface area contributed by atoms with Crippen LogP contribution in [0.3, 0.4) is 0 Å². The van der Waals surface area contributed by atoms with Gasteiger partial charge >= 0.3 is 0 Å². The van der Waals surface area contributed by atoms with E-state index in [-0.39, 0.29) is 11.9 Å². The highest BCUT2D eigenvalue weighted by molar-refractivity contribution is 5.98. The third-order valence-electron chi connectivity index (χ3n) is 5.20. The van der Waals surface area contributed by atoms with Crippen LogP contribution in [0.1, 0.15) is 35.3 Å². The number of benzene rings is 2. The highest BCUT2D eigenvalue weighted by Crippen LogP contribution is 2.24. The fourth-order valence-corrected chi connectivity index (χ4v) is 3.66. The molecular formula is C21H23N3O. The Bertz CT molecular complexity index is 871. The summed E-state index contributed by atoms with van der Waals surface area (Å²) in [6, 6.07) is 18.9. The number of likely N-dealkylation sites (tertiary alicyclic amines) is 1. The van der Waals surface area contributed by atoms with E-state index in [0.29, 0.717) is 11.6 Å². The minimum absolute atomic E-state index is 0.00992. The largest absolute Gasteiger partial charge is 0.361 e. The second-order valence-electron chi connectivity index (χ2n) is 6.82. The van der Waals surface area contributed by atoms with Crippen molar-refractivity contribution in [2.24, 2.45) is 0 Å². The molecule has 1 amide bonds. The van der Waals surface area contributed by atoms with E-state index in [4.69, 9.17) is 0 Å². The highest BCUT2D eigenvalue weighted by atomic mass is 16.1. The first-order valence-corrected chi connectivity index (χ1v) is 8.88. The summed E-state index contributed by atoms with van der Waals surface area (Å²) >= 11 is 0. The standard InChI is InChI=1S/C21H23N3O/c1-15(16-5-3-2-4-6-16)24-12-10-19(14-24)23-21(25)18-8-7-17-9-11-22-20(17)13-18/h2-9,11,13,15,19,22H,10,12,14H2,1H3,(H,23,25)/t15-,19-/m1/s1. The van der Waals surface area contributed by atoms with Crippen molar-refractivity contribution < 1.29 is 4.79 Å². The first kappa shape index (κ1) is 15.9. The highest BCUT2D eigenvalue weighted by Gasteiger charge is 2.27. The number of aromatic amines is 1. The Morgan fingerprint density at radius 2 is 2.04 bits per heavy atom. The van der Waals surface area contributed by atoms with E-state index in [0.717, 1.165) is 30.4 Å². The molecule has 2 heterocycles. The van der Waals surface area contributed by atoms with Crippen molar-refractivity contribution in [2.45, 2.75) is 25.4 Å². The summed E-state index contributed by atoms with van der Waals surface area (Å²) in [6.45, 7) is 4.14. The van der Waals surface area contributed by atoms with E-state index < -0.39 is 0 Å². The Hall–Kier alpha value is -2.59. The zero-order chi connectivity index (χ0) is 17.2. The van der Waals surface area contributed by atoms with Gasteiger partial charge in [-0.1, -0.05) is 36.4 Å². The smallest absolute Gasteiger partial charge is 0.251 e. The summed E-state index contributed by atoms with van der Waals surface area (Å²) in [5.41, 5.74) is 3.04. The van der Waals surface area contributed by atoms with Gasteiger partial charge in [0.15, 0.2) is 0 Å². The number of carbonyl (C=O) groups excluding carboxylic acids is 1. The van der Waals surface area contributed by atoms with Gasteiger partial charge in [-0.25, -0.2) is 0 Å². The Balaban J connectivity index is 1.39. The molecular weight excluding hydrogens is 310 g/mol. The number of nitrogens with one attached hydrogen (secondary N) is 2. The van der Waals surface area contributed by atoms with Crippen LogP contribution >= 0.6 is 0 Å². The van der Waals surface area contributed by atoms with Crippen LogP contribution in [0.15, 0.2) is 60.8 Å². The maximum atomic E-state index is 12.6. The lowest BCUT2D eigenvalue weighted by Gasteiger charge is -2.24. The number of carbonyl (C=O) groups is 1. The summed E-state index contributed by atoms with van der Waals surface area (Å²) in [6.07, 6.45) is 2.89. The molecule has 4 nitrogen and oxygen atoms in total. The molecule has 2 atom stereocenters. The van der Waals surface area contributed by atoms with Crippen LogP contribution in [0.5, 0.6) is 0 Å². The van der Waals surface area contributed by atoms with E-state index >= 15 is 0 Å². The molecule has 1 aliphatic heterocycles. The molecule has 0 saturated carbocycles. The fourth-order valence-electron chi connectivity index (χ4n) is 3.66. The van der Waals surface area contributed by atoms with Crippen LogP contribution in [0.4, 0.5) is 0 Å². The van der Waals surface area contributed by atoms with Gasteiger partial charge in [0, 0.05) is 42.5 Å². The fraction of sp³-hybridized carbons (Fsp3) is 0.286. The molecule has 0 radical (unpaired) electrons. The molecule has 1 aliphatic rings. The van der Waals surface area contributed by atoms with Gasteiger partial charge in [0.05, 0.1) is 0 Å². The summed E-state index contributed by atoms with van der Waals surface area (Å²) in [4.78, 5) is 18.2. The topological polar surface area (TPSA) is 48.1 Å². The molecule has 2 N–H and O–H groups in total. The number of rotatable bonds is 4. The average Bonchev–Trinajstić information content (AvgIpc) is 3.30. The van der Waals surface area contributed by atoms with Crippen molar-refractivity contribution in [1.29, 1.82) is 0 Å². The van der Waals surface area contributed by atoms with Gasteiger partial charge < -0.3 is 10.3 Å². The molecule has 1 fully saturated rings. The molecule has 1 aromatic heterocycles. The van der Waals surface area contributed by atoms with Crippen LogP contribution < -0.4 is 5.32 Å². The number of hydrogen-bond acceptors (Lipinski definition) is 2. The molecule has 25 heavy (non-hydrogen) atoms. The lowest BCUT2D eigenvalue weighted by Crippen LogP contribution is -2.37. The molecule has 128 valence electrons. The molecule has 0 unspecified atom stereocenters. The van der Waals surface area contributed by atoms with Gasteiger partial charge in [-0.2, -0.15) is 0 Å². The van der Waals surface area contributed by atoms with E-state index in [9.17, 15) is 4.79 Å². The minimum atomic E-state index is 0.00992. The molecule has 1 saturated heterocycles. The number of fused-ring (bicyclic) bond motifs is 1. The van der Waals surface area contributed by atoms with E-state index in [1.54, 1.807) is 0 Å². The van der Waals surface area contributed by atoms with Crippen molar-refractivity contribution in [1.82, 2.24) is 15.2 Å². The first-order valence-electron chi connectivity index (χ1n) is 8.88.